The number of rotatable bonds is 4. The molecule has 3 heteroatoms. The molecule has 0 amide bonds. The Morgan fingerprint density at radius 1 is 0.840 bits per heavy atom. The van der Waals surface area contributed by atoms with Crippen LogP contribution in [0.15, 0.2) is 83.9 Å². The van der Waals surface area contributed by atoms with Crippen molar-refractivity contribution in [2.75, 3.05) is 7.11 Å². The van der Waals surface area contributed by atoms with Crippen molar-refractivity contribution >= 4 is 22.8 Å². The van der Waals surface area contributed by atoms with Gasteiger partial charge in [-0.1, -0.05) is 60.7 Å². The SMILES string of the molecule is COc1ccccc1C=Nc1c(-c2ccccc2)[nH]c2ccccc12. The minimum Gasteiger partial charge on any atom is -0.496 e. The van der Waals surface area contributed by atoms with Crippen molar-refractivity contribution in [2.45, 2.75) is 0 Å². The summed E-state index contributed by atoms with van der Waals surface area (Å²) in [6.45, 7) is 0. The summed E-state index contributed by atoms with van der Waals surface area (Å²) in [5.74, 6) is 0.812. The average molecular weight is 326 g/mol. The molecular formula is C22H18N2O. The predicted molar refractivity (Wildman–Crippen MR) is 104 cm³/mol. The van der Waals surface area contributed by atoms with Crippen LogP contribution in [0.25, 0.3) is 22.2 Å². The van der Waals surface area contributed by atoms with Gasteiger partial charge in [-0.2, -0.15) is 0 Å². The van der Waals surface area contributed by atoms with E-state index in [9.17, 15) is 0 Å². The molecule has 4 aromatic rings. The highest BCUT2D eigenvalue weighted by molar-refractivity contribution is 6.02. The first-order valence-electron chi connectivity index (χ1n) is 8.20. The smallest absolute Gasteiger partial charge is 0.127 e. The van der Waals surface area contributed by atoms with Crippen molar-refractivity contribution in [1.29, 1.82) is 0 Å². The van der Waals surface area contributed by atoms with Crippen LogP contribution in [0.4, 0.5) is 5.69 Å². The molecule has 3 nitrogen and oxygen atoms in total. The number of aromatic nitrogens is 1. The number of fused-ring (bicyclic) bond motifs is 1. The molecule has 0 radical (unpaired) electrons. The molecule has 0 unspecified atom stereocenters. The fourth-order valence-corrected chi connectivity index (χ4v) is 2.98. The number of nitrogens with zero attached hydrogens (tertiary/aromatic N) is 1. The molecule has 122 valence electrons. The molecule has 3 aromatic carbocycles. The van der Waals surface area contributed by atoms with Gasteiger partial charge in [0.15, 0.2) is 0 Å². The second kappa shape index (κ2) is 6.65. The first-order valence-corrected chi connectivity index (χ1v) is 8.20. The van der Waals surface area contributed by atoms with Crippen LogP contribution in [0.3, 0.4) is 0 Å². The van der Waals surface area contributed by atoms with Gasteiger partial charge < -0.3 is 9.72 Å². The third-order valence-electron chi connectivity index (χ3n) is 4.21. The second-order valence-electron chi connectivity index (χ2n) is 5.76. The highest BCUT2D eigenvalue weighted by Crippen LogP contribution is 2.37. The van der Waals surface area contributed by atoms with Gasteiger partial charge in [0.25, 0.3) is 0 Å². The fraction of sp³-hybridized carbons (Fsp3) is 0.0455. The number of para-hydroxylation sites is 2. The Labute approximate surface area is 146 Å². The molecule has 0 bridgehead atoms. The van der Waals surface area contributed by atoms with Gasteiger partial charge in [0.05, 0.1) is 18.5 Å². The number of aliphatic imine (C=N–C) groups is 1. The van der Waals surface area contributed by atoms with Crippen molar-refractivity contribution in [3.8, 4) is 17.0 Å². The van der Waals surface area contributed by atoms with E-state index in [1.54, 1.807) is 7.11 Å². The molecule has 0 atom stereocenters. The quantitative estimate of drug-likeness (QED) is 0.487. The van der Waals surface area contributed by atoms with Crippen molar-refractivity contribution in [3.63, 3.8) is 0 Å². The van der Waals surface area contributed by atoms with Crippen LogP contribution >= 0.6 is 0 Å². The molecule has 0 saturated carbocycles. The van der Waals surface area contributed by atoms with Crippen molar-refractivity contribution in [2.24, 2.45) is 4.99 Å². The minimum atomic E-state index is 0.812. The van der Waals surface area contributed by atoms with E-state index < -0.39 is 0 Å². The lowest BCUT2D eigenvalue weighted by molar-refractivity contribution is 0.414. The van der Waals surface area contributed by atoms with E-state index in [4.69, 9.17) is 9.73 Å². The number of aromatic amines is 1. The van der Waals surface area contributed by atoms with Crippen LogP contribution in [0.1, 0.15) is 5.56 Å². The number of hydrogen-bond acceptors (Lipinski definition) is 2. The van der Waals surface area contributed by atoms with Gasteiger partial charge in [-0.25, -0.2) is 0 Å². The summed E-state index contributed by atoms with van der Waals surface area (Å²) in [6.07, 6.45) is 1.86. The Balaban J connectivity index is 1.87. The molecular weight excluding hydrogens is 308 g/mol. The summed E-state index contributed by atoms with van der Waals surface area (Å²) >= 11 is 0. The Bertz CT molecular complexity index is 1030. The van der Waals surface area contributed by atoms with Crippen molar-refractivity contribution < 1.29 is 4.74 Å². The largest absolute Gasteiger partial charge is 0.496 e. The summed E-state index contributed by atoms with van der Waals surface area (Å²) in [5, 5.41) is 1.10. The van der Waals surface area contributed by atoms with Gasteiger partial charge >= 0.3 is 0 Å². The average Bonchev–Trinajstić information content (AvgIpc) is 3.06. The molecule has 1 N–H and O–H groups in total. The zero-order valence-electron chi connectivity index (χ0n) is 13.9. The molecule has 25 heavy (non-hydrogen) atoms. The maximum absolute atomic E-state index is 5.42. The molecule has 0 fully saturated rings. The van der Waals surface area contributed by atoms with Gasteiger partial charge in [-0.15, -0.1) is 0 Å². The summed E-state index contributed by atoms with van der Waals surface area (Å²) in [7, 11) is 1.67. The van der Waals surface area contributed by atoms with Gasteiger partial charge in [-0.3, -0.25) is 4.99 Å². The maximum atomic E-state index is 5.42. The van der Waals surface area contributed by atoms with Gasteiger partial charge in [-0.05, 0) is 18.2 Å². The summed E-state index contributed by atoms with van der Waals surface area (Å²) in [5.41, 5.74) is 5.11. The highest BCUT2D eigenvalue weighted by atomic mass is 16.5. The third kappa shape index (κ3) is 2.92. The maximum Gasteiger partial charge on any atom is 0.127 e. The molecule has 1 heterocycles. The van der Waals surface area contributed by atoms with Crippen molar-refractivity contribution in [3.05, 3.63) is 84.4 Å². The summed E-state index contributed by atoms with van der Waals surface area (Å²) in [4.78, 5) is 8.31. The number of H-pyrrole nitrogens is 1. The van der Waals surface area contributed by atoms with Crippen LogP contribution in [0.2, 0.25) is 0 Å². The Morgan fingerprint density at radius 3 is 2.40 bits per heavy atom. The first-order chi connectivity index (χ1) is 12.4. The number of hydrogen-bond donors (Lipinski definition) is 1. The lowest BCUT2D eigenvalue weighted by Crippen LogP contribution is -1.89. The lowest BCUT2D eigenvalue weighted by atomic mass is 10.1. The molecule has 0 aliphatic carbocycles. The standard InChI is InChI=1S/C22H18N2O/c1-25-20-14-8-5-11-17(20)15-23-22-18-12-6-7-13-19(18)24-21(22)16-9-3-2-4-10-16/h2-15,24H,1H3. The molecule has 1 aromatic heterocycles. The van der Waals surface area contributed by atoms with Crippen LogP contribution in [-0.4, -0.2) is 18.3 Å². The molecule has 0 aliphatic heterocycles. The van der Waals surface area contributed by atoms with E-state index in [0.717, 1.165) is 39.2 Å². The molecule has 0 saturated heterocycles. The van der Waals surface area contributed by atoms with Gasteiger partial charge in [0.1, 0.15) is 5.75 Å². The van der Waals surface area contributed by atoms with Crippen LogP contribution in [-0.2, 0) is 0 Å². The van der Waals surface area contributed by atoms with E-state index in [1.165, 1.54) is 0 Å². The summed E-state index contributed by atoms with van der Waals surface area (Å²) < 4.78 is 5.42. The van der Waals surface area contributed by atoms with Crippen LogP contribution in [0, 0.1) is 0 Å². The first kappa shape index (κ1) is 15.2. The van der Waals surface area contributed by atoms with Gasteiger partial charge in [0, 0.05) is 28.2 Å². The minimum absolute atomic E-state index is 0.812. The Kier molecular flexibility index (Phi) is 4.05. The van der Waals surface area contributed by atoms with E-state index >= 15 is 0 Å². The van der Waals surface area contributed by atoms with Crippen LogP contribution in [0.5, 0.6) is 5.75 Å². The fourth-order valence-electron chi connectivity index (χ4n) is 2.98. The molecule has 4 rings (SSSR count). The normalized spacial score (nSPS) is 11.2. The van der Waals surface area contributed by atoms with Crippen LogP contribution < -0.4 is 4.74 Å². The van der Waals surface area contributed by atoms with E-state index in [0.29, 0.717) is 0 Å². The predicted octanol–water partition coefficient (Wildman–Crippen LogP) is 5.59. The van der Waals surface area contributed by atoms with E-state index in [-0.39, 0.29) is 0 Å². The number of ether oxygens (including phenoxy) is 1. The Hall–Kier alpha value is -3.33. The van der Waals surface area contributed by atoms with Crippen molar-refractivity contribution in [1.82, 2.24) is 4.98 Å². The lowest BCUT2D eigenvalue weighted by Gasteiger charge is -2.04. The topological polar surface area (TPSA) is 37.4 Å². The zero-order chi connectivity index (χ0) is 17.1. The molecule has 0 spiro atoms. The third-order valence-corrected chi connectivity index (χ3v) is 4.21. The Morgan fingerprint density at radius 2 is 1.56 bits per heavy atom. The molecule has 0 aliphatic rings. The highest BCUT2D eigenvalue weighted by Gasteiger charge is 2.12. The van der Waals surface area contributed by atoms with E-state index in [1.807, 2.05) is 60.8 Å². The number of methoxy groups -OCH3 is 1. The second-order valence-corrected chi connectivity index (χ2v) is 5.76. The van der Waals surface area contributed by atoms with Gasteiger partial charge in [0.2, 0.25) is 0 Å². The van der Waals surface area contributed by atoms with E-state index in [2.05, 4.69) is 29.2 Å². The zero-order valence-corrected chi connectivity index (χ0v) is 13.9. The number of nitrogens with one attached hydrogen (secondary N) is 1. The summed E-state index contributed by atoms with van der Waals surface area (Å²) in [6, 6.07) is 26.4. The monoisotopic (exact) mass is 326 g/mol. The number of benzene rings is 3.